The van der Waals surface area contributed by atoms with Crippen LogP contribution in [0.15, 0.2) is 6.07 Å². The normalized spacial score (nSPS) is 13.3. The molecule has 0 aromatic carbocycles. The van der Waals surface area contributed by atoms with Gasteiger partial charge in [-0.2, -0.15) is 5.10 Å². The van der Waals surface area contributed by atoms with Crippen molar-refractivity contribution in [3.63, 3.8) is 0 Å². The van der Waals surface area contributed by atoms with Crippen LogP contribution >= 0.6 is 0 Å². The SMILES string of the molecule is CCc1cc(CC(CC(C)C)NN)n(CC)n1. The number of rotatable bonds is 7. The highest BCUT2D eigenvalue weighted by atomic mass is 15.3. The van der Waals surface area contributed by atoms with Gasteiger partial charge < -0.3 is 0 Å². The second-order valence-electron chi connectivity index (χ2n) is 4.99. The highest BCUT2D eigenvalue weighted by Gasteiger charge is 2.13. The van der Waals surface area contributed by atoms with Crippen molar-refractivity contribution in [2.24, 2.45) is 11.8 Å². The number of hydrogen-bond donors (Lipinski definition) is 2. The number of nitrogens with one attached hydrogen (secondary N) is 1. The molecule has 1 atom stereocenters. The lowest BCUT2D eigenvalue weighted by Gasteiger charge is -2.18. The zero-order valence-electron chi connectivity index (χ0n) is 11.5. The second kappa shape index (κ2) is 6.77. The van der Waals surface area contributed by atoms with E-state index in [9.17, 15) is 0 Å². The Morgan fingerprint density at radius 3 is 2.59 bits per heavy atom. The zero-order valence-corrected chi connectivity index (χ0v) is 11.5. The van der Waals surface area contributed by atoms with Crippen molar-refractivity contribution in [3.8, 4) is 0 Å². The van der Waals surface area contributed by atoms with Gasteiger partial charge in [-0.05, 0) is 31.7 Å². The summed E-state index contributed by atoms with van der Waals surface area (Å²) in [5.74, 6) is 6.27. The van der Waals surface area contributed by atoms with Crippen LogP contribution in [0, 0.1) is 5.92 Å². The van der Waals surface area contributed by atoms with E-state index in [-0.39, 0.29) is 0 Å². The number of hydrazine groups is 1. The summed E-state index contributed by atoms with van der Waals surface area (Å²) in [7, 11) is 0. The topological polar surface area (TPSA) is 55.9 Å². The van der Waals surface area contributed by atoms with E-state index >= 15 is 0 Å². The van der Waals surface area contributed by atoms with Crippen LogP contribution in [0.2, 0.25) is 0 Å². The van der Waals surface area contributed by atoms with E-state index in [1.165, 1.54) is 11.4 Å². The van der Waals surface area contributed by atoms with Crippen molar-refractivity contribution in [2.45, 2.75) is 59.5 Å². The molecule has 1 aromatic rings. The van der Waals surface area contributed by atoms with Crippen LogP contribution in [-0.2, 0) is 19.4 Å². The third kappa shape index (κ3) is 4.13. The maximum absolute atomic E-state index is 5.62. The maximum atomic E-state index is 5.62. The van der Waals surface area contributed by atoms with Gasteiger partial charge in [0.2, 0.25) is 0 Å². The molecule has 0 spiro atoms. The molecule has 1 rings (SSSR count). The number of nitrogens with zero attached hydrogens (tertiary/aromatic N) is 2. The molecule has 1 aromatic heterocycles. The van der Waals surface area contributed by atoms with Crippen LogP contribution in [0.25, 0.3) is 0 Å². The highest BCUT2D eigenvalue weighted by Crippen LogP contribution is 2.12. The largest absolute Gasteiger partial charge is 0.271 e. The van der Waals surface area contributed by atoms with Crippen molar-refractivity contribution >= 4 is 0 Å². The fraction of sp³-hybridized carbons (Fsp3) is 0.769. The van der Waals surface area contributed by atoms with Crippen molar-refractivity contribution in [2.75, 3.05) is 0 Å². The lowest BCUT2D eigenvalue weighted by molar-refractivity contribution is 0.413. The number of nitrogens with two attached hydrogens (primary N) is 1. The summed E-state index contributed by atoms with van der Waals surface area (Å²) in [6.07, 6.45) is 3.03. The van der Waals surface area contributed by atoms with Gasteiger partial charge in [0.05, 0.1) is 5.69 Å². The number of hydrogen-bond acceptors (Lipinski definition) is 3. The summed E-state index contributed by atoms with van der Waals surface area (Å²) in [4.78, 5) is 0. The van der Waals surface area contributed by atoms with Gasteiger partial charge in [0, 0.05) is 24.7 Å². The lowest BCUT2D eigenvalue weighted by Crippen LogP contribution is -2.38. The molecule has 0 aliphatic rings. The maximum Gasteiger partial charge on any atom is 0.0624 e. The van der Waals surface area contributed by atoms with Gasteiger partial charge in [0.1, 0.15) is 0 Å². The summed E-state index contributed by atoms with van der Waals surface area (Å²) >= 11 is 0. The lowest BCUT2D eigenvalue weighted by atomic mass is 10.00. The molecule has 0 saturated heterocycles. The van der Waals surface area contributed by atoms with E-state index in [0.717, 1.165) is 25.8 Å². The van der Waals surface area contributed by atoms with E-state index in [1.54, 1.807) is 0 Å². The standard InChI is InChI=1S/C13H26N4/c1-5-11-8-13(17(6-2)16-11)9-12(15-14)7-10(3)4/h8,10,12,15H,5-7,9,14H2,1-4H3. The summed E-state index contributed by atoms with van der Waals surface area (Å²) in [6.45, 7) is 9.63. The van der Waals surface area contributed by atoms with E-state index in [4.69, 9.17) is 5.84 Å². The fourth-order valence-corrected chi connectivity index (χ4v) is 2.16. The van der Waals surface area contributed by atoms with E-state index in [1.807, 2.05) is 0 Å². The molecule has 0 aliphatic heterocycles. The van der Waals surface area contributed by atoms with Crippen LogP contribution in [0.4, 0.5) is 0 Å². The molecule has 0 fully saturated rings. The van der Waals surface area contributed by atoms with Crippen LogP contribution in [0.1, 0.15) is 45.5 Å². The molecule has 0 bridgehead atoms. The third-order valence-electron chi connectivity index (χ3n) is 3.02. The summed E-state index contributed by atoms with van der Waals surface area (Å²) in [6, 6.07) is 2.54. The van der Waals surface area contributed by atoms with Crippen LogP contribution in [0.5, 0.6) is 0 Å². The minimum atomic E-state index is 0.335. The summed E-state index contributed by atoms with van der Waals surface area (Å²) in [5.41, 5.74) is 5.37. The Kier molecular flexibility index (Phi) is 5.65. The molecule has 17 heavy (non-hydrogen) atoms. The first-order valence-corrected chi connectivity index (χ1v) is 6.62. The van der Waals surface area contributed by atoms with E-state index in [2.05, 4.69) is 49.0 Å². The minimum absolute atomic E-state index is 0.335. The fourth-order valence-electron chi connectivity index (χ4n) is 2.16. The average molecular weight is 238 g/mol. The van der Waals surface area contributed by atoms with E-state index < -0.39 is 0 Å². The first-order valence-electron chi connectivity index (χ1n) is 6.62. The predicted octanol–water partition coefficient (Wildman–Crippen LogP) is 1.89. The molecule has 0 saturated carbocycles. The highest BCUT2D eigenvalue weighted by molar-refractivity contribution is 5.12. The summed E-state index contributed by atoms with van der Waals surface area (Å²) in [5, 5.41) is 4.56. The molecule has 98 valence electrons. The van der Waals surface area contributed by atoms with Crippen molar-refractivity contribution in [1.29, 1.82) is 0 Å². The number of aryl methyl sites for hydroxylation is 2. The van der Waals surface area contributed by atoms with Crippen LogP contribution < -0.4 is 11.3 Å². The smallest absolute Gasteiger partial charge is 0.0624 e. The molecule has 4 nitrogen and oxygen atoms in total. The van der Waals surface area contributed by atoms with Gasteiger partial charge in [0.25, 0.3) is 0 Å². The van der Waals surface area contributed by atoms with Crippen molar-refractivity contribution < 1.29 is 0 Å². The molecule has 0 amide bonds. The van der Waals surface area contributed by atoms with Crippen molar-refractivity contribution in [1.82, 2.24) is 15.2 Å². The Morgan fingerprint density at radius 1 is 1.41 bits per heavy atom. The van der Waals surface area contributed by atoms with E-state index in [0.29, 0.717) is 12.0 Å². The van der Waals surface area contributed by atoms with Crippen molar-refractivity contribution in [3.05, 3.63) is 17.5 Å². The van der Waals surface area contributed by atoms with Gasteiger partial charge >= 0.3 is 0 Å². The molecular formula is C13H26N4. The molecule has 1 unspecified atom stereocenters. The Balaban J connectivity index is 2.73. The zero-order chi connectivity index (χ0) is 12.8. The minimum Gasteiger partial charge on any atom is -0.271 e. The average Bonchev–Trinajstić information content (AvgIpc) is 2.69. The predicted molar refractivity (Wildman–Crippen MR) is 71.5 cm³/mol. The Morgan fingerprint density at radius 2 is 2.12 bits per heavy atom. The molecule has 1 heterocycles. The second-order valence-corrected chi connectivity index (χ2v) is 4.99. The van der Waals surface area contributed by atoms with Gasteiger partial charge in [-0.1, -0.05) is 20.8 Å². The Bertz CT molecular complexity index is 330. The molecular weight excluding hydrogens is 212 g/mol. The van der Waals surface area contributed by atoms with Gasteiger partial charge in [-0.25, -0.2) is 0 Å². The van der Waals surface area contributed by atoms with Crippen LogP contribution in [0.3, 0.4) is 0 Å². The molecule has 4 heteroatoms. The molecule has 3 N–H and O–H groups in total. The number of aromatic nitrogens is 2. The van der Waals surface area contributed by atoms with Gasteiger partial charge in [-0.3, -0.25) is 16.0 Å². The monoisotopic (exact) mass is 238 g/mol. The molecule has 0 aliphatic carbocycles. The summed E-state index contributed by atoms with van der Waals surface area (Å²) < 4.78 is 2.09. The molecule has 0 radical (unpaired) electrons. The first kappa shape index (κ1) is 14.2. The first-order chi connectivity index (χ1) is 8.10. The van der Waals surface area contributed by atoms with Gasteiger partial charge in [0.15, 0.2) is 0 Å². The third-order valence-corrected chi connectivity index (χ3v) is 3.02. The Hall–Kier alpha value is -0.870. The van der Waals surface area contributed by atoms with Crippen LogP contribution in [-0.4, -0.2) is 15.8 Å². The quantitative estimate of drug-likeness (QED) is 0.563. The van der Waals surface area contributed by atoms with Gasteiger partial charge in [-0.15, -0.1) is 0 Å². The Labute approximate surface area is 105 Å².